The molecule has 1 aromatic heterocycles. The Labute approximate surface area is 138 Å². The van der Waals surface area contributed by atoms with Gasteiger partial charge in [-0.25, -0.2) is 13.8 Å². The second-order valence-corrected chi connectivity index (χ2v) is 6.58. The molecule has 0 bridgehead atoms. The van der Waals surface area contributed by atoms with Crippen molar-refractivity contribution in [3.63, 3.8) is 0 Å². The largest absolute Gasteiger partial charge is 0.295 e. The minimum atomic E-state index is -0.634. The number of hydrogen-bond acceptors (Lipinski definition) is 1. The van der Waals surface area contributed by atoms with Gasteiger partial charge in [-0.3, -0.25) is 4.57 Å². The van der Waals surface area contributed by atoms with Crippen LogP contribution in [0.3, 0.4) is 0 Å². The SMILES string of the molecule is CC(Cl)c1nc2cc(I)ccc2n1-c1cc(F)cc(F)c1. The molecule has 0 amide bonds. The van der Waals surface area contributed by atoms with Crippen molar-refractivity contribution in [2.24, 2.45) is 0 Å². The Morgan fingerprint density at radius 1 is 1.14 bits per heavy atom. The fourth-order valence-corrected chi connectivity index (χ4v) is 2.90. The van der Waals surface area contributed by atoms with Crippen molar-refractivity contribution in [1.82, 2.24) is 9.55 Å². The van der Waals surface area contributed by atoms with Crippen LogP contribution in [0.5, 0.6) is 0 Å². The highest BCUT2D eigenvalue weighted by atomic mass is 127. The second-order valence-electron chi connectivity index (χ2n) is 4.68. The highest BCUT2D eigenvalue weighted by Gasteiger charge is 2.17. The zero-order chi connectivity index (χ0) is 15.1. The molecular formula is C15H10ClF2IN2. The molecule has 0 saturated carbocycles. The number of fused-ring (bicyclic) bond motifs is 1. The summed E-state index contributed by atoms with van der Waals surface area (Å²) in [6.07, 6.45) is 0. The van der Waals surface area contributed by atoms with E-state index in [0.717, 1.165) is 20.7 Å². The minimum Gasteiger partial charge on any atom is -0.295 e. The lowest BCUT2D eigenvalue weighted by atomic mass is 10.2. The maximum Gasteiger partial charge on any atom is 0.132 e. The number of alkyl halides is 1. The van der Waals surface area contributed by atoms with Gasteiger partial charge in [0.25, 0.3) is 0 Å². The molecule has 3 rings (SSSR count). The van der Waals surface area contributed by atoms with Crippen LogP contribution in [0.15, 0.2) is 36.4 Å². The quantitative estimate of drug-likeness (QED) is 0.413. The molecule has 21 heavy (non-hydrogen) atoms. The Balaban J connectivity index is 2.36. The maximum atomic E-state index is 13.5. The highest BCUT2D eigenvalue weighted by Crippen LogP contribution is 2.29. The lowest BCUT2D eigenvalue weighted by Gasteiger charge is -2.11. The first-order valence-corrected chi connectivity index (χ1v) is 7.75. The fraction of sp³-hybridized carbons (Fsp3) is 0.133. The third-order valence-corrected chi connectivity index (χ3v) is 3.97. The summed E-state index contributed by atoms with van der Waals surface area (Å²) in [6.45, 7) is 1.78. The Bertz CT molecular complexity index is 810. The van der Waals surface area contributed by atoms with E-state index in [4.69, 9.17) is 11.6 Å². The molecule has 0 aliphatic carbocycles. The van der Waals surface area contributed by atoms with Crippen LogP contribution in [0.4, 0.5) is 8.78 Å². The van der Waals surface area contributed by atoms with Gasteiger partial charge in [-0.2, -0.15) is 0 Å². The van der Waals surface area contributed by atoms with Crippen LogP contribution in [-0.2, 0) is 0 Å². The smallest absolute Gasteiger partial charge is 0.132 e. The lowest BCUT2D eigenvalue weighted by molar-refractivity contribution is 0.581. The normalized spacial score (nSPS) is 12.8. The van der Waals surface area contributed by atoms with E-state index in [-0.39, 0.29) is 5.38 Å². The van der Waals surface area contributed by atoms with Crippen molar-refractivity contribution in [1.29, 1.82) is 0 Å². The standard InChI is InChI=1S/C15H10ClF2IN2/c1-8(16)15-20-13-7-11(19)2-3-14(13)21(15)12-5-9(17)4-10(18)6-12/h2-8H,1H3. The number of halogens is 4. The van der Waals surface area contributed by atoms with Gasteiger partial charge in [-0.05, 0) is 59.8 Å². The van der Waals surface area contributed by atoms with Gasteiger partial charge in [0.05, 0.1) is 22.1 Å². The van der Waals surface area contributed by atoms with E-state index in [9.17, 15) is 8.78 Å². The van der Waals surface area contributed by atoms with Crippen molar-refractivity contribution in [3.8, 4) is 5.69 Å². The summed E-state index contributed by atoms with van der Waals surface area (Å²) in [5.74, 6) is -0.713. The van der Waals surface area contributed by atoms with Gasteiger partial charge in [0.15, 0.2) is 0 Å². The molecule has 0 saturated heterocycles. The maximum absolute atomic E-state index is 13.5. The molecule has 2 nitrogen and oxygen atoms in total. The van der Waals surface area contributed by atoms with Gasteiger partial charge < -0.3 is 0 Å². The van der Waals surface area contributed by atoms with E-state index in [1.165, 1.54) is 12.1 Å². The fourth-order valence-electron chi connectivity index (χ4n) is 2.28. The summed E-state index contributed by atoms with van der Waals surface area (Å²) in [4.78, 5) is 4.49. The average Bonchev–Trinajstić information content (AvgIpc) is 2.76. The van der Waals surface area contributed by atoms with Crippen molar-refractivity contribution in [3.05, 3.63) is 57.4 Å². The molecule has 2 aromatic carbocycles. The summed E-state index contributed by atoms with van der Waals surface area (Å²) >= 11 is 8.37. The van der Waals surface area contributed by atoms with Crippen LogP contribution in [0.25, 0.3) is 16.7 Å². The molecule has 0 aliphatic heterocycles. The van der Waals surface area contributed by atoms with Crippen LogP contribution in [-0.4, -0.2) is 9.55 Å². The van der Waals surface area contributed by atoms with E-state index < -0.39 is 11.6 Å². The van der Waals surface area contributed by atoms with Crippen molar-refractivity contribution in [2.75, 3.05) is 0 Å². The molecule has 1 heterocycles. The molecule has 0 spiro atoms. The zero-order valence-electron chi connectivity index (χ0n) is 10.9. The molecule has 0 N–H and O–H groups in total. The van der Waals surface area contributed by atoms with E-state index in [0.29, 0.717) is 11.5 Å². The molecule has 1 unspecified atom stereocenters. The number of benzene rings is 2. The van der Waals surface area contributed by atoms with Crippen LogP contribution in [0.2, 0.25) is 0 Å². The van der Waals surface area contributed by atoms with Crippen LogP contribution < -0.4 is 0 Å². The van der Waals surface area contributed by atoms with Crippen molar-refractivity contribution in [2.45, 2.75) is 12.3 Å². The van der Waals surface area contributed by atoms with E-state index >= 15 is 0 Å². The number of hydrogen-bond donors (Lipinski definition) is 0. The van der Waals surface area contributed by atoms with Crippen LogP contribution >= 0.6 is 34.2 Å². The third-order valence-electron chi connectivity index (χ3n) is 3.10. The molecular weight excluding hydrogens is 409 g/mol. The molecule has 108 valence electrons. The summed E-state index contributed by atoms with van der Waals surface area (Å²) in [5.41, 5.74) is 1.88. The van der Waals surface area contributed by atoms with Gasteiger partial charge in [0.1, 0.15) is 17.5 Å². The topological polar surface area (TPSA) is 17.8 Å². The lowest BCUT2D eigenvalue weighted by Crippen LogP contribution is -2.03. The molecule has 0 radical (unpaired) electrons. The third kappa shape index (κ3) is 2.76. The van der Waals surface area contributed by atoms with Crippen molar-refractivity contribution >= 4 is 45.2 Å². The first-order chi connectivity index (χ1) is 9.95. The van der Waals surface area contributed by atoms with Gasteiger partial charge in [-0.1, -0.05) is 0 Å². The number of aromatic nitrogens is 2. The first-order valence-electron chi connectivity index (χ1n) is 6.24. The molecule has 6 heteroatoms. The van der Waals surface area contributed by atoms with Gasteiger partial charge >= 0.3 is 0 Å². The van der Waals surface area contributed by atoms with Gasteiger partial charge in [0.2, 0.25) is 0 Å². The summed E-state index contributed by atoms with van der Waals surface area (Å²) in [6, 6.07) is 9.07. The Morgan fingerprint density at radius 3 is 2.43 bits per heavy atom. The van der Waals surface area contributed by atoms with Crippen LogP contribution in [0, 0.1) is 15.2 Å². The number of rotatable bonds is 2. The monoisotopic (exact) mass is 418 g/mol. The summed E-state index contributed by atoms with van der Waals surface area (Å²) in [7, 11) is 0. The number of nitrogens with zero attached hydrogens (tertiary/aromatic N) is 2. The van der Waals surface area contributed by atoms with Gasteiger partial charge in [-0.15, -0.1) is 11.6 Å². The molecule has 0 aliphatic rings. The van der Waals surface area contributed by atoms with E-state index in [1.807, 2.05) is 18.2 Å². The molecule has 1 atom stereocenters. The second kappa shape index (κ2) is 5.53. The van der Waals surface area contributed by atoms with Crippen LogP contribution in [0.1, 0.15) is 18.1 Å². The zero-order valence-corrected chi connectivity index (χ0v) is 13.9. The van der Waals surface area contributed by atoms with Gasteiger partial charge in [0, 0.05) is 9.64 Å². The first kappa shape index (κ1) is 14.7. The number of imidazole rings is 1. The van der Waals surface area contributed by atoms with E-state index in [1.54, 1.807) is 11.5 Å². The van der Waals surface area contributed by atoms with Crippen molar-refractivity contribution < 1.29 is 8.78 Å². The molecule has 0 fully saturated rings. The van der Waals surface area contributed by atoms with E-state index in [2.05, 4.69) is 27.6 Å². The predicted molar refractivity (Wildman–Crippen MR) is 88.0 cm³/mol. The highest BCUT2D eigenvalue weighted by molar-refractivity contribution is 14.1. The summed E-state index contributed by atoms with van der Waals surface area (Å²) < 4.78 is 29.7. The Kier molecular flexibility index (Phi) is 3.88. The average molecular weight is 419 g/mol. The molecule has 3 aromatic rings. The Hall–Kier alpha value is -1.21. The predicted octanol–water partition coefficient (Wildman–Crippen LogP) is 5.21. The minimum absolute atomic E-state index is 0.374. The summed E-state index contributed by atoms with van der Waals surface area (Å²) in [5, 5.41) is -0.388. The Morgan fingerprint density at radius 2 is 1.81 bits per heavy atom.